The molecule has 0 heterocycles. The normalized spacial score (nSPS) is 47.8. The van der Waals surface area contributed by atoms with Crippen LogP contribution in [0.15, 0.2) is 11.6 Å². The molecule has 3 fully saturated rings. The number of rotatable bonds is 5. The second-order valence-electron chi connectivity index (χ2n) is 11.2. The number of halogens is 2. The Kier molecular flexibility index (Phi) is 5.89. The van der Waals surface area contributed by atoms with E-state index in [2.05, 4.69) is 6.92 Å². The first-order chi connectivity index (χ1) is 14.9. The summed E-state index contributed by atoms with van der Waals surface area (Å²) in [7, 11) is 0. The maximum atomic E-state index is 15.5. The number of aliphatic hydroxyl groups is 1. The number of carbonyl (C=O) groups is 3. The predicted molar refractivity (Wildman–Crippen MR) is 118 cm³/mol. The molecule has 0 aromatic heterocycles. The highest BCUT2D eigenvalue weighted by molar-refractivity contribution is 6.28. The number of carbonyl (C=O) groups excluding carboxylic acids is 2. The number of Topliss-reactive ketones (excluding diaryl/α,β-unsaturated/α-hetero) is 1. The minimum atomic E-state index is -1.24. The highest BCUT2D eigenvalue weighted by Crippen LogP contribution is 2.72. The number of hydrogen-bond acceptors (Lipinski definition) is 4. The summed E-state index contributed by atoms with van der Waals surface area (Å²) in [5.74, 6) is -1.40. The number of fused-ring (bicyclic) bond motifs is 5. The second kappa shape index (κ2) is 7.90. The number of aliphatic carboxylic acids is 1. The molecule has 2 N–H and O–H groups in total. The van der Waals surface area contributed by atoms with Gasteiger partial charge in [0, 0.05) is 11.8 Å². The average molecular weight is 469 g/mol. The van der Waals surface area contributed by atoms with E-state index in [1.165, 1.54) is 6.08 Å². The van der Waals surface area contributed by atoms with E-state index in [4.69, 9.17) is 11.6 Å². The van der Waals surface area contributed by atoms with E-state index in [-0.39, 0.29) is 54.6 Å². The molecule has 4 aliphatic carbocycles. The Morgan fingerprint density at radius 3 is 2.56 bits per heavy atom. The molecule has 1 unspecified atom stereocenters. The van der Waals surface area contributed by atoms with Gasteiger partial charge >= 0.3 is 5.97 Å². The number of allylic oxidation sites excluding steroid dienone is 1. The van der Waals surface area contributed by atoms with E-state index in [0.29, 0.717) is 12.0 Å². The third kappa shape index (κ3) is 3.08. The number of aliphatic hydroxyl groups excluding tert-OH is 1. The third-order valence-corrected chi connectivity index (χ3v) is 10.4. The van der Waals surface area contributed by atoms with Crippen LogP contribution >= 0.6 is 11.6 Å². The summed E-state index contributed by atoms with van der Waals surface area (Å²) in [5.41, 5.74) is -1.33. The van der Waals surface area contributed by atoms with Gasteiger partial charge in [-0.05, 0) is 84.7 Å². The molecule has 0 aromatic carbocycles. The van der Waals surface area contributed by atoms with Gasteiger partial charge in [-0.3, -0.25) is 14.4 Å². The zero-order chi connectivity index (χ0) is 23.6. The van der Waals surface area contributed by atoms with Gasteiger partial charge in [0.1, 0.15) is 12.3 Å². The highest BCUT2D eigenvalue weighted by Gasteiger charge is 2.69. The molecule has 0 bridgehead atoms. The lowest BCUT2D eigenvalue weighted by atomic mass is 9.44. The van der Waals surface area contributed by atoms with Crippen molar-refractivity contribution in [2.24, 2.45) is 39.9 Å². The summed E-state index contributed by atoms with van der Waals surface area (Å²) < 4.78 is 15.5. The van der Waals surface area contributed by atoms with Gasteiger partial charge in [-0.2, -0.15) is 0 Å². The van der Waals surface area contributed by atoms with Gasteiger partial charge in [0.15, 0.2) is 11.6 Å². The fraction of sp³-hybridized carbons (Fsp3) is 0.800. The summed E-state index contributed by atoms with van der Waals surface area (Å²) in [6.45, 7) is 6.11. The highest BCUT2D eigenvalue weighted by atomic mass is 35.5. The summed E-state index contributed by atoms with van der Waals surface area (Å²) in [6, 6.07) is 0. The number of ketones is 2. The predicted octanol–water partition coefficient (Wildman–Crippen LogP) is 4.34. The van der Waals surface area contributed by atoms with Gasteiger partial charge in [-0.25, -0.2) is 4.39 Å². The molecule has 9 atom stereocenters. The van der Waals surface area contributed by atoms with Crippen LogP contribution in [0.4, 0.5) is 4.39 Å². The smallest absolute Gasteiger partial charge is 0.303 e. The number of alkyl halides is 2. The van der Waals surface area contributed by atoms with Gasteiger partial charge in [0.2, 0.25) is 0 Å². The zero-order valence-corrected chi connectivity index (χ0v) is 19.8. The average Bonchev–Trinajstić information content (AvgIpc) is 2.95. The molecule has 0 aliphatic heterocycles. The van der Waals surface area contributed by atoms with Crippen molar-refractivity contribution >= 4 is 29.1 Å². The first kappa shape index (κ1) is 23.9. The van der Waals surface area contributed by atoms with Gasteiger partial charge < -0.3 is 10.2 Å². The van der Waals surface area contributed by atoms with Crippen molar-refractivity contribution in [2.45, 2.75) is 78.0 Å². The lowest BCUT2D eigenvalue weighted by Crippen LogP contribution is -2.57. The Labute approximate surface area is 193 Å². The third-order valence-electron chi connectivity index (χ3n) is 10.2. The molecule has 4 rings (SSSR count). The molecule has 0 aromatic rings. The van der Waals surface area contributed by atoms with Crippen LogP contribution in [-0.4, -0.2) is 45.9 Å². The second-order valence-corrected chi connectivity index (χ2v) is 11.5. The summed E-state index contributed by atoms with van der Waals surface area (Å²) in [5, 5.41) is 19.7. The summed E-state index contributed by atoms with van der Waals surface area (Å²) in [4.78, 5) is 36.9. The monoisotopic (exact) mass is 468 g/mol. The Hall–Kier alpha value is -1.27. The van der Waals surface area contributed by atoms with Crippen LogP contribution in [0.1, 0.15) is 65.7 Å². The lowest BCUT2D eigenvalue weighted by molar-refractivity contribution is -0.150. The van der Waals surface area contributed by atoms with E-state index < -0.39 is 40.3 Å². The Morgan fingerprint density at radius 1 is 1.25 bits per heavy atom. The summed E-state index contributed by atoms with van der Waals surface area (Å²) in [6.07, 6.45) is 1.95. The van der Waals surface area contributed by atoms with Crippen LogP contribution in [0.2, 0.25) is 0 Å². The Morgan fingerprint density at radius 2 is 1.94 bits per heavy atom. The van der Waals surface area contributed by atoms with Crippen LogP contribution in [-0.2, 0) is 14.4 Å². The van der Waals surface area contributed by atoms with Gasteiger partial charge in [0.05, 0.1) is 5.88 Å². The summed E-state index contributed by atoms with van der Waals surface area (Å²) >= 11 is 6.07. The first-order valence-electron chi connectivity index (χ1n) is 11.8. The van der Waals surface area contributed by atoms with Crippen LogP contribution in [0.5, 0.6) is 0 Å². The van der Waals surface area contributed by atoms with Gasteiger partial charge in [-0.15, -0.1) is 11.6 Å². The van der Waals surface area contributed by atoms with Crippen LogP contribution in [0.3, 0.4) is 0 Å². The number of carboxylic acids is 1. The maximum absolute atomic E-state index is 15.5. The number of carboxylic acid groups (broad SMARTS) is 1. The molecule has 0 spiro atoms. The van der Waals surface area contributed by atoms with E-state index >= 15 is 4.39 Å². The van der Waals surface area contributed by atoms with Crippen molar-refractivity contribution in [3.63, 3.8) is 0 Å². The van der Waals surface area contributed by atoms with Crippen molar-refractivity contribution in [1.82, 2.24) is 0 Å². The van der Waals surface area contributed by atoms with Crippen molar-refractivity contribution in [1.29, 1.82) is 0 Å². The minimum Gasteiger partial charge on any atom is -0.481 e. The molecule has 0 saturated heterocycles. The molecule has 0 radical (unpaired) electrons. The van der Waals surface area contributed by atoms with Crippen LogP contribution in [0.25, 0.3) is 0 Å². The quantitative estimate of drug-likeness (QED) is 0.585. The lowest BCUT2D eigenvalue weighted by Gasteiger charge is -2.60. The van der Waals surface area contributed by atoms with Crippen LogP contribution < -0.4 is 0 Å². The van der Waals surface area contributed by atoms with Gasteiger partial charge in [-0.1, -0.05) is 20.8 Å². The molecule has 32 heavy (non-hydrogen) atoms. The molecule has 7 heteroatoms. The van der Waals surface area contributed by atoms with Crippen molar-refractivity contribution in [3.05, 3.63) is 11.6 Å². The fourth-order valence-electron chi connectivity index (χ4n) is 8.76. The molecule has 5 nitrogen and oxygen atoms in total. The van der Waals surface area contributed by atoms with E-state index in [0.717, 1.165) is 19.3 Å². The van der Waals surface area contributed by atoms with Crippen molar-refractivity contribution in [2.75, 3.05) is 5.88 Å². The molecule has 178 valence electrons. The van der Waals surface area contributed by atoms with Crippen LogP contribution in [0, 0.1) is 39.9 Å². The molecule has 3 saturated carbocycles. The molecule has 4 aliphatic rings. The standard InChI is InChI=1S/C25H34ClFO5/c1-13-8-16-14-9-18(27)17-10-19(28)20(29)11-23(17,2)15(14)4-6-24(16,3)25(13,21(30)12-26)7-5-22(31)32/h10,13-16,18,20,29H,4-9,11-12H2,1-3H3,(H,31,32)/t13-,14-,15+,16+,18+,20?,23-,24+,25-/m1/s1. The largest absolute Gasteiger partial charge is 0.481 e. The van der Waals surface area contributed by atoms with E-state index in [1.807, 2.05) is 13.8 Å². The van der Waals surface area contributed by atoms with Gasteiger partial charge in [0.25, 0.3) is 0 Å². The SMILES string of the molecule is C[C@@H]1C[C@H]2[C@@H]3C[C@H](F)C4=CC(=O)C(O)C[C@]4(C)[C@H]3CC[C@]2(C)[C@@]1(CCC(=O)O)C(=O)CCl. The number of hydrogen-bond donors (Lipinski definition) is 2. The van der Waals surface area contributed by atoms with E-state index in [1.54, 1.807) is 0 Å². The topological polar surface area (TPSA) is 91.7 Å². The fourth-order valence-corrected chi connectivity index (χ4v) is 9.00. The Balaban J connectivity index is 1.76. The van der Waals surface area contributed by atoms with E-state index in [9.17, 15) is 24.6 Å². The van der Waals surface area contributed by atoms with Crippen molar-refractivity contribution < 1.29 is 29.0 Å². The molecular weight excluding hydrogens is 435 g/mol. The zero-order valence-electron chi connectivity index (χ0n) is 19.1. The molecule has 0 amide bonds. The Bertz CT molecular complexity index is 872. The first-order valence-corrected chi connectivity index (χ1v) is 12.3. The molecular formula is C25H34ClFO5. The maximum Gasteiger partial charge on any atom is 0.303 e. The van der Waals surface area contributed by atoms with Crippen molar-refractivity contribution in [3.8, 4) is 0 Å². The minimum absolute atomic E-state index is 0.0172.